The summed E-state index contributed by atoms with van der Waals surface area (Å²) >= 11 is 0. The molecule has 1 fully saturated rings. The zero-order chi connectivity index (χ0) is 11.4. The molecule has 0 aromatic heterocycles. The Balaban J connectivity index is 2.30. The molecule has 0 bridgehead atoms. The first-order chi connectivity index (χ1) is 6.99. The number of carbonyl (C=O) groups excluding carboxylic acids is 1. The highest BCUT2D eigenvalue weighted by molar-refractivity contribution is 5.78. The van der Waals surface area contributed by atoms with Gasteiger partial charge in [-0.1, -0.05) is 0 Å². The molecule has 2 atom stereocenters. The van der Waals surface area contributed by atoms with Crippen molar-refractivity contribution in [1.82, 2.24) is 10.2 Å². The van der Waals surface area contributed by atoms with Crippen molar-refractivity contribution in [2.75, 3.05) is 20.6 Å². The van der Waals surface area contributed by atoms with Crippen molar-refractivity contribution < 1.29 is 14.7 Å². The third kappa shape index (κ3) is 3.87. The Hall–Kier alpha value is -1.10. The minimum atomic E-state index is -0.751. The summed E-state index contributed by atoms with van der Waals surface area (Å²) in [4.78, 5) is 23.9. The quantitative estimate of drug-likeness (QED) is 0.686. The highest BCUT2D eigenvalue weighted by Crippen LogP contribution is 2.25. The van der Waals surface area contributed by atoms with E-state index in [1.165, 1.54) is 0 Å². The Morgan fingerprint density at radius 2 is 2.07 bits per heavy atom. The van der Waals surface area contributed by atoms with Crippen molar-refractivity contribution in [3.05, 3.63) is 0 Å². The number of hydrogen-bond acceptors (Lipinski definition) is 3. The maximum atomic E-state index is 11.4. The van der Waals surface area contributed by atoms with Gasteiger partial charge < -0.3 is 15.3 Å². The lowest BCUT2D eigenvalue weighted by Crippen LogP contribution is -2.39. The van der Waals surface area contributed by atoms with E-state index in [4.69, 9.17) is 5.11 Å². The molecule has 1 amide bonds. The zero-order valence-electron chi connectivity index (χ0n) is 9.19. The van der Waals surface area contributed by atoms with Crippen molar-refractivity contribution in [2.24, 2.45) is 5.92 Å². The normalized spacial score (nSPS) is 25.5. The minimum Gasteiger partial charge on any atom is -0.481 e. The van der Waals surface area contributed by atoms with E-state index < -0.39 is 5.97 Å². The number of nitrogens with one attached hydrogen (secondary N) is 1. The molecule has 5 heteroatoms. The second-order valence-corrected chi connectivity index (χ2v) is 4.35. The topological polar surface area (TPSA) is 69.6 Å². The summed E-state index contributed by atoms with van der Waals surface area (Å²) in [6, 6.07) is 0.0403. The predicted octanol–water partition coefficient (Wildman–Crippen LogP) is -0.0825. The van der Waals surface area contributed by atoms with Crippen molar-refractivity contribution in [1.29, 1.82) is 0 Å². The Morgan fingerprint density at radius 1 is 1.40 bits per heavy atom. The van der Waals surface area contributed by atoms with E-state index in [1.54, 1.807) is 4.90 Å². The van der Waals surface area contributed by atoms with Gasteiger partial charge in [0, 0.05) is 6.04 Å². The number of nitrogens with zero attached hydrogens (tertiary/aromatic N) is 1. The van der Waals surface area contributed by atoms with Crippen molar-refractivity contribution in [3.63, 3.8) is 0 Å². The first kappa shape index (κ1) is 12.0. The third-order valence-corrected chi connectivity index (χ3v) is 2.61. The van der Waals surface area contributed by atoms with Crippen molar-refractivity contribution in [2.45, 2.75) is 25.3 Å². The van der Waals surface area contributed by atoms with E-state index in [9.17, 15) is 9.59 Å². The van der Waals surface area contributed by atoms with Gasteiger partial charge in [-0.15, -0.1) is 0 Å². The SMILES string of the molecule is CN(C)CC(=O)N[C@H]1CC[C@@H](C(=O)O)C1. The average Bonchev–Trinajstić information content (AvgIpc) is 2.50. The van der Waals surface area contributed by atoms with Gasteiger partial charge in [0.2, 0.25) is 5.91 Å². The van der Waals surface area contributed by atoms with Crippen LogP contribution >= 0.6 is 0 Å². The highest BCUT2D eigenvalue weighted by Gasteiger charge is 2.30. The lowest BCUT2D eigenvalue weighted by Gasteiger charge is -2.14. The molecule has 0 saturated heterocycles. The number of carboxylic acids is 1. The van der Waals surface area contributed by atoms with Gasteiger partial charge >= 0.3 is 5.97 Å². The van der Waals surface area contributed by atoms with Gasteiger partial charge in [-0.2, -0.15) is 0 Å². The average molecular weight is 214 g/mol. The van der Waals surface area contributed by atoms with Gasteiger partial charge in [-0.25, -0.2) is 0 Å². The van der Waals surface area contributed by atoms with Crippen LogP contribution in [0.4, 0.5) is 0 Å². The molecule has 86 valence electrons. The molecular formula is C10H18N2O3. The van der Waals surface area contributed by atoms with Crippen LogP contribution < -0.4 is 5.32 Å². The van der Waals surface area contributed by atoms with Crippen molar-refractivity contribution in [3.8, 4) is 0 Å². The van der Waals surface area contributed by atoms with Gasteiger partial charge in [0.05, 0.1) is 12.5 Å². The highest BCUT2D eigenvalue weighted by atomic mass is 16.4. The second-order valence-electron chi connectivity index (χ2n) is 4.35. The third-order valence-electron chi connectivity index (χ3n) is 2.61. The molecule has 15 heavy (non-hydrogen) atoms. The molecule has 1 aliphatic rings. The van der Waals surface area contributed by atoms with Crippen LogP contribution in [0.5, 0.6) is 0 Å². The molecule has 0 unspecified atom stereocenters. The van der Waals surface area contributed by atoms with E-state index in [2.05, 4.69) is 5.32 Å². The molecule has 1 aliphatic carbocycles. The number of aliphatic carboxylic acids is 1. The maximum absolute atomic E-state index is 11.4. The molecule has 0 aliphatic heterocycles. The van der Waals surface area contributed by atoms with Gasteiger partial charge in [0.15, 0.2) is 0 Å². The lowest BCUT2D eigenvalue weighted by atomic mass is 10.1. The zero-order valence-corrected chi connectivity index (χ0v) is 9.19. The molecule has 1 saturated carbocycles. The molecule has 2 N–H and O–H groups in total. The Kier molecular flexibility index (Phi) is 4.08. The summed E-state index contributed by atoms with van der Waals surface area (Å²) in [5.41, 5.74) is 0. The van der Waals surface area contributed by atoms with E-state index in [1.807, 2.05) is 14.1 Å². The fourth-order valence-electron chi connectivity index (χ4n) is 1.90. The first-order valence-corrected chi connectivity index (χ1v) is 5.16. The fourth-order valence-corrected chi connectivity index (χ4v) is 1.90. The standard InChI is InChI=1S/C10H18N2O3/c1-12(2)6-9(13)11-8-4-3-7(5-8)10(14)15/h7-8H,3-6H2,1-2H3,(H,11,13)(H,14,15)/t7-,8+/m1/s1. The molecule has 0 heterocycles. The molecule has 0 aromatic rings. The summed E-state index contributed by atoms with van der Waals surface area (Å²) in [5.74, 6) is -1.06. The van der Waals surface area contributed by atoms with Crippen LogP contribution in [-0.2, 0) is 9.59 Å². The molecule has 1 rings (SSSR count). The first-order valence-electron chi connectivity index (χ1n) is 5.16. The molecule has 5 nitrogen and oxygen atoms in total. The summed E-state index contributed by atoms with van der Waals surface area (Å²) in [6.07, 6.45) is 2.01. The van der Waals surface area contributed by atoms with E-state index >= 15 is 0 Å². The number of carboxylic acid groups (broad SMARTS) is 1. The minimum absolute atomic E-state index is 0.0314. The molecular weight excluding hydrogens is 196 g/mol. The number of rotatable bonds is 4. The van der Waals surface area contributed by atoms with Gasteiger partial charge in [-0.05, 0) is 33.4 Å². The molecule has 0 radical (unpaired) electrons. The number of likely N-dealkylation sites (N-methyl/N-ethyl adjacent to an activating group) is 1. The Bertz CT molecular complexity index is 253. The lowest BCUT2D eigenvalue weighted by molar-refractivity contribution is -0.141. The molecule has 0 aromatic carbocycles. The van der Waals surface area contributed by atoms with E-state index in [0.29, 0.717) is 19.4 Å². The summed E-state index contributed by atoms with van der Waals surface area (Å²) in [5, 5.41) is 11.6. The van der Waals surface area contributed by atoms with Crippen LogP contribution in [0.3, 0.4) is 0 Å². The van der Waals surface area contributed by atoms with Crippen LogP contribution in [0.25, 0.3) is 0 Å². The molecule has 0 spiro atoms. The summed E-state index contributed by atoms with van der Waals surface area (Å²) in [6.45, 7) is 0.355. The monoisotopic (exact) mass is 214 g/mol. The number of amides is 1. The van der Waals surface area contributed by atoms with E-state index in [-0.39, 0.29) is 17.9 Å². The number of hydrogen-bond donors (Lipinski definition) is 2. The van der Waals surface area contributed by atoms with Gasteiger partial charge in [0.25, 0.3) is 0 Å². The predicted molar refractivity (Wildman–Crippen MR) is 55.5 cm³/mol. The largest absolute Gasteiger partial charge is 0.481 e. The van der Waals surface area contributed by atoms with Crippen LogP contribution in [0.1, 0.15) is 19.3 Å². The van der Waals surface area contributed by atoms with Crippen molar-refractivity contribution >= 4 is 11.9 Å². The maximum Gasteiger partial charge on any atom is 0.306 e. The Labute approximate surface area is 89.4 Å². The van der Waals surface area contributed by atoms with Crippen LogP contribution in [-0.4, -0.2) is 48.6 Å². The fraction of sp³-hybridized carbons (Fsp3) is 0.800. The van der Waals surface area contributed by atoms with Crippen LogP contribution in [0.2, 0.25) is 0 Å². The van der Waals surface area contributed by atoms with Gasteiger partial charge in [0.1, 0.15) is 0 Å². The smallest absolute Gasteiger partial charge is 0.306 e. The van der Waals surface area contributed by atoms with Gasteiger partial charge in [-0.3, -0.25) is 9.59 Å². The number of carbonyl (C=O) groups is 2. The van der Waals surface area contributed by atoms with E-state index in [0.717, 1.165) is 6.42 Å². The summed E-state index contributed by atoms with van der Waals surface area (Å²) < 4.78 is 0. The second kappa shape index (κ2) is 5.11. The van der Waals surface area contributed by atoms with Crippen LogP contribution in [0, 0.1) is 5.92 Å². The Morgan fingerprint density at radius 3 is 2.53 bits per heavy atom. The van der Waals surface area contributed by atoms with Crippen LogP contribution in [0.15, 0.2) is 0 Å². The summed E-state index contributed by atoms with van der Waals surface area (Å²) in [7, 11) is 3.66.